The summed E-state index contributed by atoms with van der Waals surface area (Å²) in [6.45, 7) is 7.16. The molecule has 2 unspecified atom stereocenters. The van der Waals surface area contributed by atoms with Gasteiger partial charge < -0.3 is 14.9 Å². The lowest BCUT2D eigenvalue weighted by molar-refractivity contribution is -0.156. The molecule has 4 nitrogen and oxygen atoms in total. The number of carbonyl (C=O) groups is 1. The number of rotatable bonds is 7. The van der Waals surface area contributed by atoms with E-state index in [0.717, 1.165) is 6.42 Å². The maximum absolute atomic E-state index is 11.1. The van der Waals surface area contributed by atoms with Crippen LogP contribution in [0.2, 0.25) is 0 Å². The summed E-state index contributed by atoms with van der Waals surface area (Å²) in [5, 5.41) is 19.4. The number of ether oxygens (including phenoxy) is 1. The third-order valence-electron chi connectivity index (χ3n) is 2.96. The smallest absolute Gasteiger partial charge is 0.309 e. The average Bonchev–Trinajstić information content (AvgIpc) is 2.11. The molecule has 0 fully saturated rings. The summed E-state index contributed by atoms with van der Waals surface area (Å²) in [6.07, 6.45) is 1.51. The van der Waals surface area contributed by atoms with Crippen molar-refractivity contribution in [3.63, 3.8) is 0 Å². The minimum atomic E-state index is -1.25. The summed E-state index contributed by atoms with van der Waals surface area (Å²) in [4.78, 5) is 11.1. The monoisotopic (exact) mass is 232 g/mol. The van der Waals surface area contributed by atoms with Crippen LogP contribution in [0.5, 0.6) is 0 Å². The van der Waals surface area contributed by atoms with E-state index in [4.69, 9.17) is 9.84 Å². The lowest BCUT2D eigenvalue weighted by Crippen LogP contribution is -2.45. The summed E-state index contributed by atoms with van der Waals surface area (Å²) >= 11 is 0. The van der Waals surface area contributed by atoms with Crippen LogP contribution in [0.15, 0.2) is 0 Å². The summed E-state index contributed by atoms with van der Waals surface area (Å²) in [5.41, 5.74) is -1.77. The van der Waals surface area contributed by atoms with Gasteiger partial charge in [-0.15, -0.1) is 0 Å². The van der Waals surface area contributed by atoms with E-state index in [0.29, 0.717) is 12.8 Å². The van der Waals surface area contributed by atoms with E-state index in [2.05, 4.69) is 0 Å². The van der Waals surface area contributed by atoms with Gasteiger partial charge in [-0.05, 0) is 27.2 Å². The van der Waals surface area contributed by atoms with Gasteiger partial charge in [-0.25, -0.2) is 0 Å². The standard InChI is InChI=1S/C12H24O4/c1-6-7-9(10(13)14)12(4,15)8-11(2,3)16-5/h9,15H,6-8H2,1-5H3,(H,13,14). The third-order valence-corrected chi connectivity index (χ3v) is 2.96. The molecule has 0 aliphatic carbocycles. The molecule has 2 N–H and O–H groups in total. The van der Waals surface area contributed by atoms with Crippen molar-refractivity contribution in [1.29, 1.82) is 0 Å². The van der Waals surface area contributed by atoms with Crippen LogP contribution in [0.1, 0.15) is 47.0 Å². The Balaban J connectivity index is 4.78. The molecule has 0 saturated carbocycles. The topological polar surface area (TPSA) is 66.8 Å². The molecular weight excluding hydrogens is 208 g/mol. The molecule has 0 saturated heterocycles. The van der Waals surface area contributed by atoms with Crippen LogP contribution >= 0.6 is 0 Å². The highest BCUT2D eigenvalue weighted by molar-refractivity contribution is 5.71. The van der Waals surface area contributed by atoms with Crippen LogP contribution in [-0.4, -0.2) is 34.5 Å². The predicted molar refractivity (Wildman–Crippen MR) is 62.4 cm³/mol. The van der Waals surface area contributed by atoms with E-state index in [1.807, 2.05) is 20.8 Å². The Morgan fingerprint density at radius 1 is 1.38 bits per heavy atom. The number of hydrogen-bond acceptors (Lipinski definition) is 3. The molecule has 0 aromatic carbocycles. The fraction of sp³-hybridized carbons (Fsp3) is 0.917. The normalized spacial score (nSPS) is 17.9. The van der Waals surface area contributed by atoms with E-state index < -0.39 is 23.1 Å². The first-order valence-electron chi connectivity index (χ1n) is 5.66. The highest BCUT2D eigenvalue weighted by Crippen LogP contribution is 2.31. The molecule has 0 radical (unpaired) electrons. The van der Waals surface area contributed by atoms with Crippen LogP contribution in [0.3, 0.4) is 0 Å². The molecule has 0 aliphatic rings. The van der Waals surface area contributed by atoms with Gasteiger partial charge in [0.2, 0.25) is 0 Å². The maximum Gasteiger partial charge on any atom is 0.309 e. The zero-order valence-corrected chi connectivity index (χ0v) is 10.9. The zero-order chi connectivity index (χ0) is 13.0. The van der Waals surface area contributed by atoms with E-state index in [1.165, 1.54) is 0 Å². The molecule has 0 aliphatic heterocycles. The van der Waals surface area contributed by atoms with E-state index >= 15 is 0 Å². The van der Waals surface area contributed by atoms with Gasteiger partial charge in [0.25, 0.3) is 0 Å². The molecule has 0 aromatic rings. The molecule has 96 valence electrons. The average molecular weight is 232 g/mol. The Morgan fingerprint density at radius 3 is 2.19 bits per heavy atom. The van der Waals surface area contributed by atoms with E-state index in [9.17, 15) is 9.90 Å². The number of carboxylic acids is 1. The van der Waals surface area contributed by atoms with Crippen molar-refractivity contribution < 1.29 is 19.7 Å². The third kappa shape index (κ3) is 4.49. The van der Waals surface area contributed by atoms with Crippen molar-refractivity contribution in [2.45, 2.75) is 58.2 Å². The maximum atomic E-state index is 11.1. The predicted octanol–water partition coefficient (Wildman–Crippen LogP) is 2.05. The molecule has 2 atom stereocenters. The van der Waals surface area contributed by atoms with Crippen molar-refractivity contribution in [3.8, 4) is 0 Å². The van der Waals surface area contributed by atoms with Gasteiger partial charge in [0.1, 0.15) is 0 Å². The van der Waals surface area contributed by atoms with Gasteiger partial charge in [0, 0.05) is 13.5 Å². The summed E-state index contributed by atoms with van der Waals surface area (Å²) < 4.78 is 5.23. The van der Waals surface area contributed by atoms with Crippen LogP contribution in [0.25, 0.3) is 0 Å². The van der Waals surface area contributed by atoms with Gasteiger partial charge in [0.15, 0.2) is 0 Å². The second-order valence-corrected chi connectivity index (χ2v) is 5.18. The summed E-state index contributed by atoms with van der Waals surface area (Å²) in [5.74, 6) is -1.69. The van der Waals surface area contributed by atoms with Crippen LogP contribution in [0, 0.1) is 5.92 Å². The minimum Gasteiger partial charge on any atom is -0.481 e. The fourth-order valence-electron chi connectivity index (χ4n) is 2.05. The Labute approximate surface area is 97.6 Å². The molecule has 16 heavy (non-hydrogen) atoms. The molecule has 0 amide bonds. The molecule has 4 heteroatoms. The van der Waals surface area contributed by atoms with E-state index in [-0.39, 0.29) is 0 Å². The summed E-state index contributed by atoms with van der Waals surface area (Å²) in [7, 11) is 1.56. The number of aliphatic hydroxyl groups is 1. The lowest BCUT2D eigenvalue weighted by Gasteiger charge is -2.36. The molecule has 0 heterocycles. The lowest BCUT2D eigenvalue weighted by atomic mass is 9.78. The van der Waals surface area contributed by atoms with Crippen molar-refractivity contribution in [3.05, 3.63) is 0 Å². The number of aliphatic carboxylic acids is 1. The molecule has 0 spiro atoms. The Hall–Kier alpha value is -0.610. The first-order valence-corrected chi connectivity index (χ1v) is 5.66. The van der Waals surface area contributed by atoms with Crippen molar-refractivity contribution >= 4 is 5.97 Å². The first-order chi connectivity index (χ1) is 7.16. The van der Waals surface area contributed by atoms with Crippen LogP contribution < -0.4 is 0 Å². The molecular formula is C12H24O4. The van der Waals surface area contributed by atoms with Gasteiger partial charge in [0.05, 0.1) is 17.1 Å². The fourth-order valence-corrected chi connectivity index (χ4v) is 2.05. The van der Waals surface area contributed by atoms with Crippen molar-refractivity contribution in [1.82, 2.24) is 0 Å². The second kappa shape index (κ2) is 5.64. The SMILES string of the molecule is CCCC(C(=O)O)C(C)(O)CC(C)(C)OC. The Kier molecular flexibility index (Phi) is 5.42. The van der Waals surface area contributed by atoms with Gasteiger partial charge in [-0.2, -0.15) is 0 Å². The second-order valence-electron chi connectivity index (χ2n) is 5.18. The first kappa shape index (κ1) is 15.4. The Morgan fingerprint density at radius 2 is 1.88 bits per heavy atom. The zero-order valence-electron chi connectivity index (χ0n) is 10.9. The number of methoxy groups -OCH3 is 1. The van der Waals surface area contributed by atoms with Crippen LogP contribution in [0.4, 0.5) is 0 Å². The quantitative estimate of drug-likeness (QED) is 0.705. The van der Waals surface area contributed by atoms with Gasteiger partial charge >= 0.3 is 5.97 Å². The van der Waals surface area contributed by atoms with Crippen molar-refractivity contribution in [2.75, 3.05) is 7.11 Å². The number of hydrogen-bond donors (Lipinski definition) is 2. The van der Waals surface area contributed by atoms with E-state index in [1.54, 1.807) is 14.0 Å². The van der Waals surface area contributed by atoms with Crippen LogP contribution in [-0.2, 0) is 9.53 Å². The van der Waals surface area contributed by atoms with Gasteiger partial charge in [-0.1, -0.05) is 13.3 Å². The van der Waals surface area contributed by atoms with Crippen molar-refractivity contribution in [2.24, 2.45) is 5.92 Å². The Bertz CT molecular complexity index is 233. The largest absolute Gasteiger partial charge is 0.481 e. The summed E-state index contributed by atoms with van der Waals surface area (Å²) in [6, 6.07) is 0. The number of carboxylic acid groups (broad SMARTS) is 1. The molecule has 0 aromatic heterocycles. The van der Waals surface area contributed by atoms with Gasteiger partial charge in [-0.3, -0.25) is 4.79 Å². The minimum absolute atomic E-state index is 0.299. The molecule has 0 rings (SSSR count). The highest BCUT2D eigenvalue weighted by Gasteiger charge is 2.40. The highest BCUT2D eigenvalue weighted by atomic mass is 16.5. The molecule has 0 bridgehead atoms.